The van der Waals surface area contributed by atoms with Crippen LogP contribution in [0.1, 0.15) is 0 Å². The van der Waals surface area contributed by atoms with Crippen LogP contribution < -0.4 is 51.4 Å². The van der Waals surface area contributed by atoms with Gasteiger partial charge in [-0.15, -0.1) is 0 Å². The average molecular weight is 312 g/mol. The SMILES string of the molecule is O=S([O-])O.[Ir].[K+]. The fourth-order valence-electron chi connectivity index (χ4n) is 0. The van der Waals surface area contributed by atoms with Crippen molar-refractivity contribution in [1.82, 2.24) is 0 Å². The van der Waals surface area contributed by atoms with E-state index in [1.165, 1.54) is 0 Å². The second-order valence-electron chi connectivity index (χ2n) is 0.217. The molecular formula is HIrKO3S. The molecule has 1 N–H and O–H groups in total. The Kier molecular flexibility index (Phi) is 27.2. The van der Waals surface area contributed by atoms with E-state index < -0.39 is 11.4 Å². The van der Waals surface area contributed by atoms with Gasteiger partial charge < -0.3 is 9.11 Å². The van der Waals surface area contributed by atoms with E-state index in [1.807, 2.05) is 0 Å². The molecule has 0 aliphatic rings. The quantitative estimate of drug-likeness (QED) is 0.371. The molecule has 35 valence electrons. The van der Waals surface area contributed by atoms with Crippen LogP contribution in [-0.4, -0.2) is 13.3 Å². The summed E-state index contributed by atoms with van der Waals surface area (Å²) in [6.07, 6.45) is 0. The first-order valence-electron chi connectivity index (χ1n) is 0.516. The summed E-state index contributed by atoms with van der Waals surface area (Å²) in [5, 5.41) is 0. The monoisotopic (exact) mass is 313 g/mol. The van der Waals surface area contributed by atoms with Gasteiger partial charge in [-0.3, -0.25) is 0 Å². The Morgan fingerprint density at radius 3 is 1.67 bits per heavy atom. The van der Waals surface area contributed by atoms with Crippen molar-refractivity contribution in [3.8, 4) is 0 Å². The van der Waals surface area contributed by atoms with E-state index in [4.69, 9.17) is 13.3 Å². The summed E-state index contributed by atoms with van der Waals surface area (Å²) >= 11 is -2.86. The van der Waals surface area contributed by atoms with Crippen LogP contribution >= 0.6 is 0 Å². The second kappa shape index (κ2) is 10.4. The van der Waals surface area contributed by atoms with E-state index in [-0.39, 0.29) is 71.5 Å². The molecule has 0 heterocycles. The van der Waals surface area contributed by atoms with Crippen molar-refractivity contribution in [2.75, 3.05) is 0 Å². The van der Waals surface area contributed by atoms with Gasteiger partial charge in [0.15, 0.2) is 0 Å². The van der Waals surface area contributed by atoms with Gasteiger partial charge in [0.05, 0.1) is 11.4 Å². The Morgan fingerprint density at radius 2 is 1.67 bits per heavy atom. The van der Waals surface area contributed by atoms with Crippen LogP contribution in [-0.2, 0) is 31.5 Å². The van der Waals surface area contributed by atoms with E-state index >= 15 is 0 Å². The minimum Gasteiger partial charge on any atom is -0.750 e. The smallest absolute Gasteiger partial charge is 0.750 e. The van der Waals surface area contributed by atoms with Gasteiger partial charge in [-0.25, -0.2) is 4.21 Å². The molecule has 0 saturated heterocycles. The third-order valence-electron chi connectivity index (χ3n) is 0. The zero-order valence-electron chi connectivity index (χ0n) is 3.01. The van der Waals surface area contributed by atoms with Crippen LogP contribution in [0.15, 0.2) is 0 Å². The van der Waals surface area contributed by atoms with Gasteiger partial charge in [-0.05, 0) is 0 Å². The first-order valence-corrected chi connectivity index (χ1v) is 1.55. The molecule has 1 unspecified atom stereocenters. The standard InChI is InChI=1S/Ir.K.H2O3S/c;;1-4(2)3/h;;(H2,1,2,3)/q;+1;/p-1. The van der Waals surface area contributed by atoms with Crippen LogP contribution in [0.25, 0.3) is 0 Å². The summed E-state index contributed by atoms with van der Waals surface area (Å²) in [5.41, 5.74) is 0. The Balaban J connectivity index is -0.0000000450. The zero-order valence-corrected chi connectivity index (χ0v) is 9.34. The zero-order chi connectivity index (χ0) is 3.58. The van der Waals surface area contributed by atoms with Crippen LogP contribution in [0.2, 0.25) is 0 Å². The Bertz CT molecular complexity index is 33.8. The van der Waals surface area contributed by atoms with E-state index in [0.717, 1.165) is 0 Å². The summed E-state index contributed by atoms with van der Waals surface area (Å²) in [6.45, 7) is 0. The topological polar surface area (TPSA) is 60.4 Å². The normalized spacial score (nSPS) is 10.3. The first-order chi connectivity index (χ1) is 1.73. The van der Waals surface area contributed by atoms with Crippen molar-refractivity contribution in [3.05, 3.63) is 0 Å². The molecule has 0 fully saturated rings. The molecular weight excluding hydrogens is 311 g/mol. The summed E-state index contributed by atoms with van der Waals surface area (Å²) in [6, 6.07) is 0. The van der Waals surface area contributed by atoms with Gasteiger partial charge in [-0.1, -0.05) is 0 Å². The van der Waals surface area contributed by atoms with Crippen molar-refractivity contribution in [2.24, 2.45) is 0 Å². The Labute approximate surface area is 94.2 Å². The predicted molar refractivity (Wildman–Crippen MR) is 11.5 cm³/mol. The molecule has 0 spiro atoms. The van der Waals surface area contributed by atoms with Crippen LogP contribution in [0.4, 0.5) is 0 Å². The van der Waals surface area contributed by atoms with Gasteiger partial charge >= 0.3 is 51.4 Å². The molecule has 6 heteroatoms. The maximum absolute atomic E-state index is 8.56. The minimum atomic E-state index is -2.86. The van der Waals surface area contributed by atoms with Gasteiger partial charge in [0.25, 0.3) is 0 Å². The van der Waals surface area contributed by atoms with Crippen LogP contribution in [0.5, 0.6) is 0 Å². The number of rotatable bonds is 0. The molecule has 0 saturated carbocycles. The summed E-state index contributed by atoms with van der Waals surface area (Å²) < 4.78 is 24.1. The minimum absolute atomic E-state index is 0. The summed E-state index contributed by atoms with van der Waals surface area (Å²) in [5.74, 6) is 0. The van der Waals surface area contributed by atoms with Crippen molar-refractivity contribution in [1.29, 1.82) is 0 Å². The second-order valence-corrected chi connectivity index (χ2v) is 0.651. The van der Waals surface area contributed by atoms with Crippen molar-refractivity contribution < 1.29 is 84.8 Å². The molecule has 0 bridgehead atoms. The molecule has 6 heavy (non-hydrogen) atoms. The Morgan fingerprint density at radius 1 is 1.67 bits per heavy atom. The van der Waals surface area contributed by atoms with Crippen LogP contribution in [0.3, 0.4) is 0 Å². The van der Waals surface area contributed by atoms with E-state index in [9.17, 15) is 0 Å². The fourth-order valence-corrected chi connectivity index (χ4v) is 0. The molecule has 0 rings (SSSR count). The summed E-state index contributed by atoms with van der Waals surface area (Å²) in [4.78, 5) is 0. The van der Waals surface area contributed by atoms with Crippen molar-refractivity contribution >= 4 is 11.4 Å². The van der Waals surface area contributed by atoms with Crippen LogP contribution in [0, 0.1) is 0 Å². The first kappa shape index (κ1) is 15.8. The molecule has 0 amide bonds. The number of hydrogen-bond acceptors (Lipinski definition) is 2. The number of hydrogen-bond donors (Lipinski definition) is 1. The van der Waals surface area contributed by atoms with Crippen molar-refractivity contribution in [3.63, 3.8) is 0 Å². The third-order valence-corrected chi connectivity index (χ3v) is 0. The molecule has 0 aromatic rings. The van der Waals surface area contributed by atoms with Gasteiger partial charge in [-0.2, -0.15) is 0 Å². The molecule has 0 aliphatic carbocycles. The molecule has 0 aromatic heterocycles. The predicted octanol–water partition coefficient (Wildman–Crippen LogP) is -3.66. The maximum atomic E-state index is 8.56. The molecule has 1 atom stereocenters. The fraction of sp³-hybridized carbons (Fsp3) is 0. The third kappa shape index (κ3) is 32.9. The largest absolute Gasteiger partial charge is 1.00 e. The van der Waals surface area contributed by atoms with E-state index in [1.54, 1.807) is 0 Å². The Hall–Kier alpha value is 2.36. The average Bonchev–Trinajstić information content (AvgIpc) is 0.811. The molecule has 0 aliphatic heterocycles. The molecule has 3 nitrogen and oxygen atoms in total. The maximum Gasteiger partial charge on any atom is 1.00 e. The van der Waals surface area contributed by atoms with Gasteiger partial charge in [0.2, 0.25) is 0 Å². The van der Waals surface area contributed by atoms with Gasteiger partial charge in [0, 0.05) is 20.1 Å². The van der Waals surface area contributed by atoms with E-state index in [0.29, 0.717) is 0 Å². The van der Waals surface area contributed by atoms with Gasteiger partial charge in [0.1, 0.15) is 0 Å². The summed E-state index contributed by atoms with van der Waals surface area (Å²) in [7, 11) is 0. The van der Waals surface area contributed by atoms with E-state index in [2.05, 4.69) is 0 Å². The van der Waals surface area contributed by atoms with Crippen molar-refractivity contribution in [2.45, 2.75) is 0 Å². The molecule has 1 radical (unpaired) electrons. The molecule has 0 aromatic carbocycles.